The van der Waals surface area contributed by atoms with E-state index in [0.29, 0.717) is 18.1 Å². The number of nitrogens with one attached hydrogen (secondary N) is 2. The first-order valence-electron chi connectivity index (χ1n) is 8.79. The standard InChI is InChI=1S/C18H25N5O2/c1-13-20-14(2)23(22-13)17-9-4-3-8-16(17)21-18(24)19-11-10-15-7-5-6-12-25-15/h3-4,8-9,15H,5-7,10-12H2,1-2H3,(H2,19,21,24). The second kappa shape index (κ2) is 8.11. The maximum atomic E-state index is 12.2. The Labute approximate surface area is 147 Å². The largest absolute Gasteiger partial charge is 0.378 e. The minimum Gasteiger partial charge on any atom is -0.378 e. The fourth-order valence-corrected chi connectivity index (χ4v) is 3.06. The molecular formula is C18H25N5O2. The number of para-hydroxylation sites is 2. The van der Waals surface area contributed by atoms with Gasteiger partial charge in [-0.25, -0.2) is 14.5 Å². The third kappa shape index (κ3) is 4.57. The lowest BCUT2D eigenvalue weighted by atomic mass is 10.1. The summed E-state index contributed by atoms with van der Waals surface area (Å²) in [4.78, 5) is 16.5. The van der Waals surface area contributed by atoms with Crippen LogP contribution in [-0.4, -0.2) is 40.1 Å². The molecule has 0 radical (unpaired) electrons. The van der Waals surface area contributed by atoms with Crippen LogP contribution in [0.4, 0.5) is 10.5 Å². The van der Waals surface area contributed by atoms with E-state index in [-0.39, 0.29) is 12.1 Å². The van der Waals surface area contributed by atoms with Crippen LogP contribution in [0.3, 0.4) is 0 Å². The van der Waals surface area contributed by atoms with Crippen molar-refractivity contribution in [3.63, 3.8) is 0 Å². The number of anilines is 1. The third-order valence-electron chi connectivity index (χ3n) is 4.28. The molecule has 1 fully saturated rings. The number of ether oxygens (including phenoxy) is 1. The van der Waals surface area contributed by atoms with Gasteiger partial charge >= 0.3 is 6.03 Å². The lowest BCUT2D eigenvalue weighted by molar-refractivity contribution is 0.0120. The average Bonchev–Trinajstić information content (AvgIpc) is 2.94. The van der Waals surface area contributed by atoms with Gasteiger partial charge < -0.3 is 15.4 Å². The number of hydrogen-bond donors (Lipinski definition) is 2. The molecule has 2 N–H and O–H groups in total. The number of rotatable bonds is 5. The molecule has 1 unspecified atom stereocenters. The van der Waals surface area contributed by atoms with E-state index in [1.807, 2.05) is 38.1 Å². The van der Waals surface area contributed by atoms with Gasteiger partial charge in [0.1, 0.15) is 11.6 Å². The summed E-state index contributed by atoms with van der Waals surface area (Å²) in [5.41, 5.74) is 1.49. The van der Waals surface area contributed by atoms with Gasteiger partial charge in [0.15, 0.2) is 0 Å². The van der Waals surface area contributed by atoms with Gasteiger partial charge in [0.25, 0.3) is 0 Å². The summed E-state index contributed by atoms with van der Waals surface area (Å²) in [6.07, 6.45) is 4.54. The fourth-order valence-electron chi connectivity index (χ4n) is 3.06. The zero-order valence-electron chi connectivity index (χ0n) is 14.8. The van der Waals surface area contributed by atoms with Crippen molar-refractivity contribution in [3.8, 4) is 5.69 Å². The van der Waals surface area contributed by atoms with E-state index in [2.05, 4.69) is 20.7 Å². The van der Waals surface area contributed by atoms with Crippen LogP contribution in [0.2, 0.25) is 0 Å². The SMILES string of the molecule is Cc1nc(C)n(-c2ccccc2NC(=O)NCCC2CCCCO2)n1. The number of aromatic nitrogens is 3. The number of carbonyl (C=O) groups excluding carboxylic acids is 1. The first kappa shape index (κ1) is 17.4. The van der Waals surface area contributed by atoms with Crippen molar-refractivity contribution in [3.05, 3.63) is 35.9 Å². The Balaban J connectivity index is 1.59. The van der Waals surface area contributed by atoms with E-state index in [0.717, 1.165) is 37.4 Å². The smallest absolute Gasteiger partial charge is 0.319 e. The minimum absolute atomic E-state index is 0.224. The topological polar surface area (TPSA) is 81.1 Å². The molecule has 134 valence electrons. The second-order valence-electron chi connectivity index (χ2n) is 6.29. The van der Waals surface area contributed by atoms with Crippen LogP contribution in [0.25, 0.3) is 5.69 Å². The van der Waals surface area contributed by atoms with Crippen molar-refractivity contribution >= 4 is 11.7 Å². The van der Waals surface area contributed by atoms with Crippen molar-refractivity contribution in [2.75, 3.05) is 18.5 Å². The molecule has 1 aromatic heterocycles. The summed E-state index contributed by atoms with van der Waals surface area (Å²) >= 11 is 0. The van der Waals surface area contributed by atoms with E-state index >= 15 is 0 Å². The molecule has 1 aliphatic heterocycles. The molecule has 0 spiro atoms. The Morgan fingerprint density at radius 1 is 1.32 bits per heavy atom. The molecule has 2 aromatic rings. The number of benzene rings is 1. The molecule has 1 saturated heterocycles. The van der Waals surface area contributed by atoms with E-state index in [1.165, 1.54) is 6.42 Å². The van der Waals surface area contributed by atoms with Gasteiger partial charge in [-0.3, -0.25) is 0 Å². The maximum Gasteiger partial charge on any atom is 0.319 e. The Hall–Kier alpha value is -2.41. The van der Waals surface area contributed by atoms with Crippen LogP contribution in [0.1, 0.15) is 37.3 Å². The van der Waals surface area contributed by atoms with Gasteiger partial charge in [-0.15, -0.1) is 0 Å². The number of carbonyl (C=O) groups is 1. The zero-order valence-corrected chi connectivity index (χ0v) is 14.8. The summed E-state index contributed by atoms with van der Waals surface area (Å²) in [5, 5.41) is 10.2. The predicted molar refractivity (Wildman–Crippen MR) is 96.1 cm³/mol. The molecule has 25 heavy (non-hydrogen) atoms. The monoisotopic (exact) mass is 343 g/mol. The quantitative estimate of drug-likeness (QED) is 0.874. The Bertz CT molecular complexity index is 722. The molecule has 2 amide bonds. The van der Waals surface area contributed by atoms with Gasteiger partial charge in [-0.05, 0) is 51.7 Å². The van der Waals surface area contributed by atoms with E-state index < -0.39 is 0 Å². The maximum absolute atomic E-state index is 12.2. The highest BCUT2D eigenvalue weighted by Gasteiger charge is 2.15. The number of amides is 2. The van der Waals surface area contributed by atoms with Crippen molar-refractivity contribution < 1.29 is 9.53 Å². The average molecular weight is 343 g/mol. The molecule has 3 rings (SSSR count). The molecule has 1 atom stereocenters. The fraction of sp³-hybridized carbons (Fsp3) is 0.500. The van der Waals surface area contributed by atoms with Crippen LogP contribution >= 0.6 is 0 Å². The molecule has 7 nitrogen and oxygen atoms in total. The van der Waals surface area contributed by atoms with Crippen LogP contribution in [0.15, 0.2) is 24.3 Å². The minimum atomic E-state index is -0.224. The Morgan fingerprint density at radius 2 is 2.16 bits per heavy atom. The summed E-state index contributed by atoms with van der Waals surface area (Å²) in [7, 11) is 0. The van der Waals surface area contributed by atoms with Crippen LogP contribution < -0.4 is 10.6 Å². The molecule has 0 bridgehead atoms. The second-order valence-corrected chi connectivity index (χ2v) is 6.29. The highest BCUT2D eigenvalue weighted by molar-refractivity contribution is 5.91. The number of urea groups is 1. The Morgan fingerprint density at radius 3 is 2.88 bits per heavy atom. The van der Waals surface area contributed by atoms with E-state index in [4.69, 9.17) is 4.74 Å². The predicted octanol–water partition coefficient (Wildman–Crippen LogP) is 2.96. The highest BCUT2D eigenvalue weighted by atomic mass is 16.5. The van der Waals surface area contributed by atoms with Gasteiger partial charge in [-0.2, -0.15) is 5.10 Å². The normalized spacial score (nSPS) is 17.3. The zero-order chi connectivity index (χ0) is 17.6. The van der Waals surface area contributed by atoms with Crippen LogP contribution in [0, 0.1) is 13.8 Å². The van der Waals surface area contributed by atoms with Gasteiger partial charge in [-0.1, -0.05) is 12.1 Å². The third-order valence-corrected chi connectivity index (χ3v) is 4.28. The van der Waals surface area contributed by atoms with Crippen LogP contribution in [-0.2, 0) is 4.74 Å². The molecular weight excluding hydrogens is 318 g/mol. The number of aryl methyl sites for hydroxylation is 2. The summed E-state index contributed by atoms with van der Waals surface area (Å²) < 4.78 is 7.42. The molecule has 2 heterocycles. The van der Waals surface area contributed by atoms with Crippen molar-refractivity contribution in [1.82, 2.24) is 20.1 Å². The molecule has 1 aromatic carbocycles. The molecule has 1 aliphatic rings. The van der Waals surface area contributed by atoms with E-state index in [9.17, 15) is 4.79 Å². The first-order chi connectivity index (χ1) is 12.1. The number of nitrogens with zero attached hydrogens (tertiary/aromatic N) is 3. The van der Waals surface area contributed by atoms with Gasteiger partial charge in [0.2, 0.25) is 0 Å². The highest BCUT2D eigenvalue weighted by Crippen LogP contribution is 2.20. The van der Waals surface area contributed by atoms with Crippen LogP contribution in [0.5, 0.6) is 0 Å². The van der Waals surface area contributed by atoms with Crippen molar-refractivity contribution in [1.29, 1.82) is 0 Å². The first-order valence-corrected chi connectivity index (χ1v) is 8.79. The molecule has 7 heteroatoms. The summed E-state index contributed by atoms with van der Waals surface area (Å²) in [6.45, 7) is 5.17. The van der Waals surface area contributed by atoms with Gasteiger partial charge in [0.05, 0.1) is 17.5 Å². The lowest BCUT2D eigenvalue weighted by Gasteiger charge is -2.22. The lowest BCUT2D eigenvalue weighted by Crippen LogP contribution is -2.32. The van der Waals surface area contributed by atoms with Crippen molar-refractivity contribution in [2.45, 2.75) is 45.6 Å². The van der Waals surface area contributed by atoms with Gasteiger partial charge in [0, 0.05) is 13.2 Å². The summed E-state index contributed by atoms with van der Waals surface area (Å²) in [5.74, 6) is 1.48. The van der Waals surface area contributed by atoms with Crippen molar-refractivity contribution in [2.24, 2.45) is 0 Å². The van der Waals surface area contributed by atoms with E-state index in [1.54, 1.807) is 4.68 Å². The number of hydrogen-bond acceptors (Lipinski definition) is 4. The summed E-state index contributed by atoms with van der Waals surface area (Å²) in [6, 6.07) is 7.34. The molecule has 0 saturated carbocycles. The molecule has 0 aliphatic carbocycles. The Kier molecular flexibility index (Phi) is 5.65.